The first-order valence-corrected chi connectivity index (χ1v) is 5.94. The molecule has 0 atom stereocenters. The molecule has 2 heterocycles. The summed E-state index contributed by atoms with van der Waals surface area (Å²) in [6.07, 6.45) is 2.41. The number of halogens is 1. The van der Waals surface area contributed by atoms with Crippen molar-refractivity contribution in [1.82, 2.24) is 15.2 Å². The van der Waals surface area contributed by atoms with E-state index in [0.29, 0.717) is 17.3 Å². The van der Waals surface area contributed by atoms with Crippen molar-refractivity contribution in [3.63, 3.8) is 0 Å². The van der Waals surface area contributed by atoms with Gasteiger partial charge in [0, 0.05) is 29.4 Å². The SMILES string of the molecule is Nc1ccc2n[nH]c(Cl)c2c1Cc1ccccn1. The van der Waals surface area contributed by atoms with Crippen LogP contribution in [0.5, 0.6) is 0 Å². The number of anilines is 1. The Morgan fingerprint density at radius 1 is 1.22 bits per heavy atom. The Hall–Kier alpha value is -2.07. The van der Waals surface area contributed by atoms with Crippen molar-refractivity contribution in [2.24, 2.45) is 0 Å². The van der Waals surface area contributed by atoms with Crippen LogP contribution in [0.15, 0.2) is 36.5 Å². The average molecular weight is 259 g/mol. The van der Waals surface area contributed by atoms with Crippen LogP contribution in [0.4, 0.5) is 5.69 Å². The molecule has 0 fully saturated rings. The number of hydrogen-bond acceptors (Lipinski definition) is 3. The number of pyridine rings is 1. The van der Waals surface area contributed by atoms with Crippen molar-refractivity contribution in [1.29, 1.82) is 0 Å². The first kappa shape index (κ1) is 11.0. The van der Waals surface area contributed by atoms with E-state index < -0.39 is 0 Å². The van der Waals surface area contributed by atoms with E-state index >= 15 is 0 Å². The third kappa shape index (κ3) is 1.80. The Labute approximate surface area is 109 Å². The number of fused-ring (bicyclic) bond motifs is 1. The molecular formula is C13H11ClN4. The van der Waals surface area contributed by atoms with E-state index in [1.165, 1.54) is 0 Å². The zero-order chi connectivity index (χ0) is 12.5. The summed E-state index contributed by atoms with van der Waals surface area (Å²) in [5.74, 6) is 0. The fourth-order valence-electron chi connectivity index (χ4n) is 2.03. The molecule has 3 rings (SSSR count). The number of aromatic nitrogens is 3. The second-order valence-electron chi connectivity index (χ2n) is 4.06. The fraction of sp³-hybridized carbons (Fsp3) is 0.0769. The van der Waals surface area contributed by atoms with E-state index in [1.54, 1.807) is 6.20 Å². The predicted octanol–water partition coefficient (Wildman–Crippen LogP) is 2.78. The minimum Gasteiger partial charge on any atom is -0.398 e. The van der Waals surface area contributed by atoms with Crippen molar-refractivity contribution >= 4 is 28.2 Å². The molecule has 4 nitrogen and oxygen atoms in total. The molecule has 0 radical (unpaired) electrons. The van der Waals surface area contributed by atoms with Crippen LogP contribution < -0.4 is 5.73 Å². The van der Waals surface area contributed by atoms with Crippen LogP contribution in [0.25, 0.3) is 10.9 Å². The summed E-state index contributed by atoms with van der Waals surface area (Å²) in [5.41, 5.74) is 9.47. The van der Waals surface area contributed by atoms with Crippen LogP contribution in [-0.4, -0.2) is 15.2 Å². The molecule has 2 aromatic heterocycles. The minimum absolute atomic E-state index is 0.517. The smallest absolute Gasteiger partial charge is 0.132 e. The van der Waals surface area contributed by atoms with Crippen molar-refractivity contribution < 1.29 is 0 Å². The summed E-state index contributed by atoms with van der Waals surface area (Å²) in [4.78, 5) is 4.31. The summed E-state index contributed by atoms with van der Waals surface area (Å²) in [6, 6.07) is 9.51. The Morgan fingerprint density at radius 2 is 2.11 bits per heavy atom. The fourth-order valence-corrected chi connectivity index (χ4v) is 2.28. The molecule has 0 saturated heterocycles. The number of aromatic amines is 1. The Morgan fingerprint density at radius 3 is 2.89 bits per heavy atom. The van der Waals surface area contributed by atoms with E-state index in [-0.39, 0.29) is 0 Å². The number of benzene rings is 1. The van der Waals surface area contributed by atoms with Crippen molar-refractivity contribution in [2.45, 2.75) is 6.42 Å². The third-order valence-electron chi connectivity index (χ3n) is 2.91. The number of nitrogen functional groups attached to an aromatic ring is 1. The number of nitrogens with one attached hydrogen (secondary N) is 1. The maximum atomic E-state index is 6.12. The van der Waals surface area contributed by atoms with Gasteiger partial charge in [-0.1, -0.05) is 17.7 Å². The van der Waals surface area contributed by atoms with Gasteiger partial charge < -0.3 is 5.73 Å². The van der Waals surface area contributed by atoms with Crippen LogP contribution in [0.2, 0.25) is 5.15 Å². The number of nitrogens with zero attached hydrogens (tertiary/aromatic N) is 2. The van der Waals surface area contributed by atoms with E-state index in [4.69, 9.17) is 17.3 Å². The second-order valence-corrected chi connectivity index (χ2v) is 4.44. The van der Waals surface area contributed by atoms with Gasteiger partial charge >= 0.3 is 0 Å². The topological polar surface area (TPSA) is 67.6 Å². The lowest BCUT2D eigenvalue weighted by Gasteiger charge is -2.07. The first-order valence-electron chi connectivity index (χ1n) is 5.56. The highest BCUT2D eigenvalue weighted by atomic mass is 35.5. The zero-order valence-electron chi connectivity index (χ0n) is 9.52. The molecule has 90 valence electrons. The molecule has 0 unspecified atom stereocenters. The van der Waals surface area contributed by atoms with Crippen LogP contribution in [0.1, 0.15) is 11.3 Å². The molecule has 0 bridgehead atoms. The number of hydrogen-bond donors (Lipinski definition) is 2. The van der Waals surface area contributed by atoms with Gasteiger partial charge in [0.2, 0.25) is 0 Å². The maximum absolute atomic E-state index is 6.12. The van der Waals surface area contributed by atoms with E-state index in [2.05, 4.69) is 15.2 Å². The highest BCUT2D eigenvalue weighted by Gasteiger charge is 2.12. The predicted molar refractivity (Wildman–Crippen MR) is 72.6 cm³/mol. The Bertz CT molecular complexity index is 691. The number of H-pyrrole nitrogens is 1. The quantitative estimate of drug-likeness (QED) is 0.695. The Kier molecular flexibility index (Phi) is 2.64. The highest BCUT2D eigenvalue weighted by Crippen LogP contribution is 2.30. The van der Waals surface area contributed by atoms with Crippen molar-refractivity contribution in [2.75, 3.05) is 5.73 Å². The highest BCUT2D eigenvalue weighted by molar-refractivity contribution is 6.34. The van der Waals surface area contributed by atoms with Gasteiger partial charge in [-0.05, 0) is 29.8 Å². The molecule has 5 heteroatoms. The maximum Gasteiger partial charge on any atom is 0.132 e. The lowest BCUT2D eigenvalue weighted by molar-refractivity contribution is 1.09. The summed E-state index contributed by atoms with van der Waals surface area (Å²) in [5, 5.41) is 8.29. The molecule has 0 aliphatic rings. The lowest BCUT2D eigenvalue weighted by Crippen LogP contribution is -1.98. The molecule has 0 aliphatic heterocycles. The van der Waals surface area contributed by atoms with Gasteiger partial charge in [0.15, 0.2) is 0 Å². The van der Waals surface area contributed by atoms with Crippen LogP contribution >= 0.6 is 11.6 Å². The normalized spacial score (nSPS) is 10.9. The van der Waals surface area contributed by atoms with Crippen molar-refractivity contribution in [3.05, 3.63) is 52.9 Å². The molecule has 1 aromatic carbocycles. The van der Waals surface area contributed by atoms with Crippen LogP contribution in [0, 0.1) is 0 Å². The summed E-state index contributed by atoms with van der Waals surface area (Å²) in [7, 11) is 0. The van der Waals surface area contributed by atoms with Crippen LogP contribution in [-0.2, 0) is 6.42 Å². The van der Waals surface area contributed by atoms with Gasteiger partial charge in [0.25, 0.3) is 0 Å². The number of rotatable bonds is 2. The molecule has 0 saturated carbocycles. The zero-order valence-corrected chi connectivity index (χ0v) is 10.3. The van der Waals surface area contributed by atoms with Gasteiger partial charge in [-0.3, -0.25) is 10.1 Å². The lowest BCUT2D eigenvalue weighted by atomic mass is 10.0. The molecule has 18 heavy (non-hydrogen) atoms. The van der Waals surface area contributed by atoms with Crippen LogP contribution in [0.3, 0.4) is 0 Å². The van der Waals surface area contributed by atoms with Gasteiger partial charge in [0.1, 0.15) is 5.15 Å². The van der Waals surface area contributed by atoms with Gasteiger partial charge in [0.05, 0.1) is 5.52 Å². The monoisotopic (exact) mass is 258 g/mol. The second kappa shape index (κ2) is 4.31. The first-order chi connectivity index (χ1) is 8.75. The molecule has 0 aliphatic carbocycles. The van der Waals surface area contributed by atoms with E-state index in [0.717, 1.165) is 22.2 Å². The molecular weight excluding hydrogens is 248 g/mol. The molecule has 0 amide bonds. The average Bonchev–Trinajstić information content (AvgIpc) is 2.76. The summed E-state index contributed by atoms with van der Waals surface area (Å²) < 4.78 is 0. The van der Waals surface area contributed by atoms with Gasteiger partial charge in [-0.2, -0.15) is 5.10 Å². The Balaban J connectivity index is 2.16. The molecule has 3 N–H and O–H groups in total. The summed E-state index contributed by atoms with van der Waals surface area (Å²) >= 11 is 6.12. The molecule has 3 aromatic rings. The largest absolute Gasteiger partial charge is 0.398 e. The van der Waals surface area contributed by atoms with Crippen molar-refractivity contribution in [3.8, 4) is 0 Å². The third-order valence-corrected chi connectivity index (χ3v) is 3.18. The standard InChI is InChI=1S/C13H11ClN4/c14-13-12-9(7-8-3-1-2-6-16-8)10(15)4-5-11(12)17-18-13/h1-6H,7,15H2,(H,17,18). The van der Waals surface area contributed by atoms with Gasteiger partial charge in [-0.25, -0.2) is 0 Å². The van der Waals surface area contributed by atoms with Gasteiger partial charge in [-0.15, -0.1) is 0 Å². The van der Waals surface area contributed by atoms with E-state index in [1.807, 2.05) is 30.3 Å². The summed E-state index contributed by atoms with van der Waals surface area (Å²) in [6.45, 7) is 0. The number of nitrogens with two attached hydrogens (primary N) is 1. The van der Waals surface area contributed by atoms with E-state index in [9.17, 15) is 0 Å². The minimum atomic E-state index is 0.517. The molecule has 0 spiro atoms.